The molecular formula is C13H20N6. The van der Waals surface area contributed by atoms with Gasteiger partial charge in [-0.05, 0) is 31.7 Å². The van der Waals surface area contributed by atoms with Crippen LogP contribution >= 0.6 is 0 Å². The molecule has 2 atom stereocenters. The number of nitrogens with zero attached hydrogens (tertiary/aromatic N) is 5. The Kier molecular flexibility index (Phi) is 3.25. The van der Waals surface area contributed by atoms with Crippen LogP contribution in [0.2, 0.25) is 0 Å². The van der Waals surface area contributed by atoms with Crippen molar-refractivity contribution in [1.82, 2.24) is 19.7 Å². The summed E-state index contributed by atoms with van der Waals surface area (Å²) in [4.78, 5) is 2.39. The molecule has 19 heavy (non-hydrogen) atoms. The summed E-state index contributed by atoms with van der Waals surface area (Å²) in [6.07, 6.45) is 5.84. The zero-order valence-electron chi connectivity index (χ0n) is 11.1. The molecule has 3 rings (SSSR count). The van der Waals surface area contributed by atoms with Gasteiger partial charge in [-0.15, -0.1) is 10.2 Å². The molecule has 1 aliphatic carbocycles. The Balaban J connectivity index is 1.55. The van der Waals surface area contributed by atoms with Gasteiger partial charge in [0.2, 0.25) is 0 Å². The van der Waals surface area contributed by atoms with Crippen LogP contribution in [0.15, 0.2) is 6.33 Å². The van der Waals surface area contributed by atoms with Crippen LogP contribution in [0.5, 0.6) is 0 Å². The van der Waals surface area contributed by atoms with Crippen molar-refractivity contribution in [2.75, 3.05) is 13.1 Å². The smallest absolute Gasteiger partial charge is 0.147 e. The summed E-state index contributed by atoms with van der Waals surface area (Å²) in [5.41, 5.74) is 5.58. The zero-order chi connectivity index (χ0) is 13.3. The first-order valence-electron chi connectivity index (χ1n) is 7.00. The van der Waals surface area contributed by atoms with Gasteiger partial charge >= 0.3 is 0 Å². The Labute approximate surface area is 113 Å². The van der Waals surface area contributed by atoms with Gasteiger partial charge in [0.05, 0.1) is 12.6 Å². The highest BCUT2D eigenvalue weighted by Crippen LogP contribution is 2.35. The van der Waals surface area contributed by atoms with Crippen LogP contribution in [0.4, 0.5) is 0 Å². The van der Waals surface area contributed by atoms with E-state index in [1.165, 1.54) is 0 Å². The molecule has 6 heteroatoms. The van der Waals surface area contributed by atoms with Gasteiger partial charge in [-0.1, -0.05) is 6.42 Å². The lowest BCUT2D eigenvalue weighted by atomic mass is 9.87. The Morgan fingerprint density at radius 2 is 2.42 bits per heavy atom. The molecule has 0 aromatic carbocycles. The van der Waals surface area contributed by atoms with Crippen LogP contribution in [-0.2, 0) is 13.1 Å². The third kappa shape index (κ3) is 2.36. The number of rotatable bonds is 3. The lowest BCUT2D eigenvalue weighted by molar-refractivity contribution is 0.194. The Morgan fingerprint density at radius 1 is 1.53 bits per heavy atom. The minimum atomic E-state index is -0.587. The molecule has 1 aromatic heterocycles. The fraction of sp³-hybridized carbons (Fsp3) is 0.769. The number of hydrogen-bond acceptors (Lipinski definition) is 5. The third-order valence-electron chi connectivity index (χ3n) is 4.59. The van der Waals surface area contributed by atoms with Gasteiger partial charge in [-0.25, -0.2) is 0 Å². The van der Waals surface area contributed by atoms with Crippen LogP contribution in [0, 0.1) is 17.2 Å². The van der Waals surface area contributed by atoms with Gasteiger partial charge in [-0.3, -0.25) is 4.90 Å². The number of hydrogen-bond donors (Lipinski definition) is 1. The molecule has 1 aliphatic heterocycles. The van der Waals surface area contributed by atoms with E-state index in [1.54, 1.807) is 6.33 Å². The largest absolute Gasteiger partial charge is 0.315 e. The second-order valence-corrected chi connectivity index (χ2v) is 5.75. The first-order valence-corrected chi connectivity index (χ1v) is 7.00. The number of nitriles is 1. The molecule has 1 saturated carbocycles. The van der Waals surface area contributed by atoms with Crippen molar-refractivity contribution in [3.05, 3.63) is 12.2 Å². The minimum absolute atomic E-state index is 0.345. The van der Waals surface area contributed by atoms with Crippen LogP contribution in [0.25, 0.3) is 0 Å². The van der Waals surface area contributed by atoms with E-state index in [4.69, 9.17) is 5.73 Å². The standard InChI is InChI=1S/C13H20N6/c14-9-13(15)4-1-2-11(13)3-5-18-6-7-19-10-16-17-12(19)8-18/h10-11H,1-8,15H2. The topological polar surface area (TPSA) is 83.8 Å². The number of fused-ring (bicyclic) bond motifs is 1. The molecule has 2 N–H and O–H groups in total. The Morgan fingerprint density at radius 3 is 3.26 bits per heavy atom. The van der Waals surface area contributed by atoms with Crippen LogP contribution < -0.4 is 5.73 Å². The highest BCUT2D eigenvalue weighted by Gasteiger charge is 2.39. The second-order valence-electron chi connectivity index (χ2n) is 5.75. The molecule has 0 radical (unpaired) electrons. The molecule has 2 aliphatic rings. The Bertz CT molecular complexity index is 490. The number of aromatic nitrogens is 3. The molecule has 0 bridgehead atoms. The van der Waals surface area contributed by atoms with Crippen molar-refractivity contribution < 1.29 is 0 Å². The summed E-state index contributed by atoms with van der Waals surface area (Å²) in [5.74, 6) is 1.38. The monoisotopic (exact) mass is 260 g/mol. The van der Waals surface area contributed by atoms with Crippen LogP contribution in [0.3, 0.4) is 0 Å². The van der Waals surface area contributed by atoms with Crippen molar-refractivity contribution >= 4 is 0 Å². The normalized spacial score (nSPS) is 31.1. The third-order valence-corrected chi connectivity index (χ3v) is 4.59. The molecular weight excluding hydrogens is 240 g/mol. The SMILES string of the molecule is N#CC1(N)CCCC1CCN1CCn2cnnc2C1. The molecule has 1 fully saturated rings. The second kappa shape index (κ2) is 4.91. The summed E-state index contributed by atoms with van der Waals surface area (Å²) < 4.78 is 2.11. The van der Waals surface area contributed by atoms with Crippen molar-refractivity contribution in [2.24, 2.45) is 11.7 Å². The van der Waals surface area contributed by atoms with E-state index in [0.29, 0.717) is 5.92 Å². The van der Waals surface area contributed by atoms with E-state index >= 15 is 0 Å². The molecule has 0 amide bonds. The first-order chi connectivity index (χ1) is 9.21. The molecule has 0 saturated heterocycles. The van der Waals surface area contributed by atoms with Gasteiger partial charge in [0.1, 0.15) is 17.7 Å². The summed E-state index contributed by atoms with van der Waals surface area (Å²) in [5, 5.41) is 17.3. The lowest BCUT2D eigenvalue weighted by Gasteiger charge is -2.30. The quantitative estimate of drug-likeness (QED) is 0.855. The minimum Gasteiger partial charge on any atom is -0.315 e. The van der Waals surface area contributed by atoms with E-state index in [1.807, 2.05) is 0 Å². The van der Waals surface area contributed by atoms with Gasteiger partial charge in [0.15, 0.2) is 0 Å². The van der Waals surface area contributed by atoms with E-state index in [-0.39, 0.29) is 0 Å². The van der Waals surface area contributed by atoms with Gasteiger partial charge in [0, 0.05) is 13.1 Å². The van der Waals surface area contributed by atoms with Crippen LogP contribution in [0.1, 0.15) is 31.5 Å². The van der Waals surface area contributed by atoms with Gasteiger partial charge in [0.25, 0.3) is 0 Å². The average molecular weight is 260 g/mol. The van der Waals surface area contributed by atoms with E-state index in [2.05, 4.69) is 25.7 Å². The highest BCUT2D eigenvalue weighted by molar-refractivity contribution is 5.12. The summed E-state index contributed by atoms with van der Waals surface area (Å²) in [6, 6.07) is 2.32. The van der Waals surface area contributed by atoms with E-state index in [9.17, 15) is 5.26 Å². The Hall–Kier alpha value is -1.45. The fourth-order valence-electron chi connectivity index (χ4n) is 3.30. The summed E-state index contributed by atoms with van der Waals surface area (Å²) in [6.45, 7) is 3.84. The van der Waals surface area contributed by atoms with Crippen molar-refractivity contribution in [2.45, 2.75) is 44.3 Å². The summed E-state index contributed by atoms with van der Waals surface area (Å²) in [7, 11) is 0. The van der Waals surface area contributed by atoms with Crippen LogP contribution in [-0.4, -0.2) is 38.3 Å². The van der Waals surface area contributed by atoms with Gasteiger partial charge < -0.3 is 10.3 Å². The van der Waals surface area contributed by atoms with Gasteiger partial charge in [-0.2, -0.15) is 5.26 Å². The molecule has 6 nitrogen and oxygen atoms in total. The maximum atomic E-state index is 9.22. The molecule has 102 valence electrons. The lowest BCUT2D eigenvalue weighted by Crippen LogP contribution is -2.43. The molecule has 0 spiro atoms. The van der Waals surface area contributed by atoms with Crippen molar-refractivity contribution in [3.8, 4) is 6.07 Å². The highest BCUT2D eigenvalue weighted by atomic mass is 15.3. The maximum absolute atomic E-state index is 9.22. The van der Waals surface area contributed by atoms with E-state index in [0.717, 1.165) is 57.7 Å². The summed E-state index contributed by atoms with van der Waals surface area (Å²) >= 11 is 0. The zero-order valence-corrected chi connectivity index (χ0v) is 11.1. The predicted octanol–water partition coefficient (Wildman–Crippen LogP) is 0.505. The maximum Gasteiger partial charge on any atom is 0.147 e. The molecule has 2 heterocycles. The number of nitrogens with two attached hydrogens (primary N) is 1. The molecule has 2 unspecified atom stereocenters. The van der Waals surface area contributed by atoms with Crippen molar-refractivity contribution in [1.29, 1.82) is 5.26 Å². The predicted molar refractivity (Wildman–Crippen MR) is 69.8 cm³/mol. The average Bonchev–Trinajstić information content (AvgIpc) is 3.03. The molecule has 1 aromatic rings. The first kappa shape index (κ1) is 12.6. The van der Waals surface area contributed by atoms with Crippen molar-refractivity contribution in [3.63, 3.8) is 0 Å². The fourth-order valence-corrected chi connectivity index (χ4v) is 3.30. The van der Waals surface area contributed by atoms with E-state index < -0.39 is 5.54 Å².